The molecule has 1 N–H and O–H groups in total. The molecule has 0 saturated carbocycles. The summed E-state index contributed by atoms with van der Waals surface area (Å²) in [5, 5.41) is 3.07. The summed E-state index contributed by atoms with van der Waals surface area (Å²) >= 11 is 0. The van der Waals surface area contributed by atoms with E-state index < -0.39 is 0 Å². The van der Waals surface area contributed by atoms with Crippen molar-refractivity contribution in [1.82, 2.24) is 10.2 Å². The fraction of sp³-hybridized carbons (Fsp3) is 0.938. The third-order valence-electron chi connectivity index (χ3n) is 4.46. The Hall–Kier alpha value is -0.610. The van der Waals surface area contributed by atoms with Crippen LogP contribution in [0, 0.1) is 11.8 Å². The fourth-order valence-corrected chi connectivity index (χ4v) is 3.01. The summed E-state index contributed by atoms with van der Waals surface area (Å²) in [6.45, 7) is 10.3. The van der Waals surface area contributed by atoms with E-state index in [4.69, 9.17) is 4.74 Å². The van der Waals surface area contributed by atoms with Crippen molar-refractivity contribution in [2.75, 3.05) is 33.3 Å². The SMILES string of the molecule is CCOC(=O)C(CCN1CCCC(C(C)C)CC1)NC. The summed E-state index contributed by atoms with van der Waals surface area (Å²) in [7, 11) is 1.83. The lowest BCUT2D eigenvalue weighted by Crippen LogP contribution is -2.39. The molecule has 1 saturated heterocycles. The summed E-state index contributed by atoms with van der Waals surface area (Å²) in [5.41, 5.74) is 0. The molecule has 4 heteroatoms. The molecule has 0 aromatic heterocycles. The van der Waals surface area contributed by atoms with Gasteiger partial charge in [-0.25, -0.2) is 0 Å². The molecule has 20 heavy (non-hydrogen) atoms. The molecule has 118 valence electrons. The average Bonchev–Trinajstić information content (AvgIpc) is 2.65. The van der Waals surface area contributed by atoms with Crippen molar-refractivity contribution in [2.45, 2.75) is 52.5 Å². The zero-order valence-corrected chi connectivity index (χ0v) is 13.7. The van der Waals surface area contributed by atoms with E-state index in [9.17, 15) is 4.79 Å². The molecule has 0 bridgehead atoms. The van der Waals surface area contributed by atoms with E-state index in [1.54, 1.807) is 0 Å². The van der Waals surface area contributed by atoms with E-state index >= 15 is 0 Å². The van der Waals surface area contributed by atoms with Gasteiger partial charge in [0.15, 0.2) is 0 Å². The lowest BCUT2D eigenvalue weighted by molar-refractivity contribution is -0.145. The predicted octanol–water partition coefficient (Wildman–Crippen LogP) is 2.29. The molecule has 2 atom stereocenters. The van der Waals surface area contributed by atoms with E-state index in [0.717, 1.165) is 24.8 Å². The highest BCUT2D eigenvalue weighted by molar-refractivity contribution is 5.75. The average molecular weight is 284 g/mol. The minimum atomic E-state index is -0.168. The Kier molecular flexibility index (Phi) is 8.15. The van der Waals surface area contributed by atoms with E-state index in [2.05, 4.69) is 24.1 Å². The van der Waals surface area contributed by atoms with Crippen LogP contribution in [0.1, 0.15) is 46.5 Å². The number of nitrogens with one attached hydrogen (secondary N) is 1. The first-order valence-corrected chi connectivity index (χ1v) is 8.14. The van der Waals surface area contributed by atoms with E-state index in [-0.39, 0.29) is 12.0 Å². The summed E-state index contributed by atoms with van der Waals surface area (Å²) in [6.07, 6.45) is 4.76. The number of ether oxygens (including phenoxy) is 1. The van der Waals surface area contributed by atoms with E-state index in [0.29, 0.717) is 6.61 Å². The van der Waals surface area contributed by atoms with Crippen LogP contribution in [0.2, 0.25) is 0 Å². The lowest BCUT2D eigenvalue weighted by atomic mass is 9.89. The predicted molar refractivity (Wildman–Crippen MR) is 82.7 cm³/mol. The minimum Gasteiger partial charge on any atom is -0.465 e. The summed E-state index contributed by atoms with van der Waals surface area (Å²) in [5.74, 6) is 1.54. The van der Waals surface area contributed by atoms with Crippen molar-refractivity contribution in [3.05, 3.63) is 0 Å². The molecule has 4 nitrogen and oxygen atoms in total. The van der Waals surface area contributed by atoms with Crippen molar-refractivity contribution in [3.63, 3.8) is 0 Å². The van der Waals surface area contributed by atoms with Gasteiger partial charge in [0.1, 0.15) is 6.04 Å². The molecule has 0 aromatic carbocycles. The van der Waals surface area contributed by atoms with Crippen LogP contribution in [0.25, 0.3) is 0 Å². The Labute approximate surface area is 124 Å². The number of esters is 1. The van der Waals surface area contributed by atoms with Crippen molar-refractivity contribution in [1.29, 1.82) is 0 Å². The molecular weight excluding hydrogens is 252 g/mol. The van der Waals surface area contributed by atoms with Gasteiger partial charge in [-0.3, -0.25) is 4.79 Å². The highest BCUT2D eigenvalue weighted by Crippen LogP contribution is 2.24. The van der Waals surface area contributed by atoms with Crippen molar-refractivity contribution >= 4 is 5.97 Å². The van der Waals surface area contributed by atoms with Crippen LogP contribution < -0.4 is 5.32 Å². The van der Waals surface area contributed by atoms with Crippen LogP contribution in [0.5, 0.6) is 0 Å². The van der Waals surface area contributed by atoms with Crippen molar-refractivity contribution in [2.24, 2.45) is 11.8 Å². The molecule has 0 amide bonds. The monoisotopic (exact) mass is 284 g/mol. The van der Waals surface area contributed by atoms with Gasteiger partial charge < -0.3 is 15.0 Å². The molecule has 2 unspecified atom stereocenters. The highest BCUT2D eigenvalue weighted by Gasteiger charge is 2.22. The zero-order valence-electron chi connectivity index (χ0n) is 13.7. The van der Waals surface area contributed by atoms with Crippen molar-refractivity contribution < 1.29 is 9.53 Å². The Balaban J connectivity index is 2.35. The third kappa shape index (κ3) is 5.80. The maximum Gasteiger partial charge on any atom is 0.323 e. The zero-order chi connectivity index (χ0) is 15.0. The van der Waals surface area contributed by atoms with Gasteiger partial charge in [0.05, 0.1) is 6.61 Å². The number of rotatable bonds is 7. The second-order valence-corrected chi connectivity index (χ2v) is 6.16. The van der Waals surface area contributed by atoms with Crippen LogP contribution in [0.4, 0.5) is 0 Å². The molecule has 1 rings (SSSR count). The van der Waals surface area contributed by atoms with Gasteiger partial charge >= 0.3 is 5.97 Å². The maximum absolute atomic E-state index is 11.8. The number of likely N-dealkylation sites (N-methyl/N-ethyl adjacent to an activating group) is 1. The number of nitrogens with zero attached hydrogens (tertiary/aromatic N) is 1. The van der Waals surface area contributed by atoms with Gasteiger partial charge in [0.2, 0.25) is 0 Å². The third-order valence-corrected chi connectivity index (χ3v) is 4.46. The first-order chi connectivity index (χ1) is 9.58. The Morgan fingerprint density at radius 3 is 2.70 bits per heavy atom. The normalized spacial score (nSPS) is 22.6. The number of carbonyl (C=O) groups is 1. The molecule has 1 aliphatic rings. The first-order valence-electron chi connectivity index (χ1n) is 8.14. The first kappa shape index (κ1) is 17.4. The van der Waals surface area contributed by atoms with Crippen LogP contribution in [0.3, 0.4) is 0 Å². The molecule has 0 spiro atoms. The quantitative estimate of drug-likeness (QED) is 0.728. The lowest BCUT2D eigenvalue weighted by Gasteiger charge is -2.23. The maximum atomic E-state index is 11.8. The van der Waals surface area contributed by atoms with Gasteiger partial charge in [-0.1, -0.05) is 13.8 Å². The van der Waals surface area contributed by atoms with E-state index in [1.807, 2.05) is 14.0 Å². The van der Waals surface area contributed by atoms with E-state index in [1.165, 1.54) is 32.4 Å². The Morgan fingerprint density at radius 2 is 2.10 bits per heavy atom. The molecule has 0 aliphatic carbocycles. The molecule has 0 aromatic rings. The summed E-state index contributed by atoms with van der Waals surface area (Å²) in [6, 6.07) is -0.168. The smallest absolute Gasteiger partial charge is 0.323 e. The standard InChI is InChI=1S/C16H32N2O2/c1-5-20-16(19)15(17-4)9-12-18-10-6-7-14(8-11-18)13(2)3/h13-15,17H,5-12H2,1-4H3. The largest absolute Gasteiger partial charge is 0.465 e. The number of likely N-dealkylation sites (tertiary alicyclic amines) is 1. The fourth-order valence-electron chi connectivity index (χ4n) is 3.01. The topological polar surface area (TPSA) is 41.6 Å². The Morgan fingerprint density at radius 1 is 1.35 bits per heavy atom. The van der Waals surface area contributed by atoms with Gasteiger partial charge in [-0.2, -0.15) is 0 Å². The highest BCUT2D eigenvalue weighted by atomic mass is 16.5. The molecule has 1 fully saturated rings. The second kappa shape index (κ2) is 9.35. The number of hydrogen-bond acceptors (Lipinski definition) is 4. The van der Waals surface area contributed by atoms with Gasteiger partial charge in [-0.15, -0.1) is 0 Å². The second-order valence-electron chi connectivity index (χ2n) is 6.16. The number of carbonyl (C=O) groups excluding carboxylic acids is 1. The Bertz CT molecular complexity index is 282. The number of hydrogen-bond donors (Lipinski definition) is 1. The van der Waals surface area contributed by atoms with Crippen LogP contribution in [-0.4, -0.2) is 50.2 Å². The summed E-state index contributed by atoms with van der Waals surface area (Å²) in [4.78, 5) is 14.3. The van der Waals surface area contributed by atoms with Crippen LogP contribution in [-0.2, 0) is 9.53 Å². The van der Waals surface area contributed by atoms with Crippen LogP contribution in [0.15, 0.2) is 0 Å². The summed E-state index contributed by atoms with van der Waals surface area (Å²) < 4.78 is 5.09. The van der Waals surface area contributed by atoms with Crippen LogP contribution >= 0.6 is 0 Å². The minimum absolute atomic E-state index is 0.120. The molecular formula is C16H32N2O2. The molecule has 1 aliphatic heterocycles. The molecule has 1 heterocycles. The van der Waals surface area contributed by atoms with Gasteiger partial charge in [-0.05, 0) is 64.6 Å². The van der Waals surface area contributed by atoms with Crippen molar-refractivity contribution in [3.8, 4) is 0 Å². The van der Waals surface area contributed by atoms with Gasteiger partial charge in [0.25, 0.3) is 0 Å². The molecule has 0 radical (unpaired) electrons. The van der Waals surface area contributed by atoms with Gasteiger partial charge in [0, 0.05) is 6.54 Å².